The number of rotatable bonds is 25. The maximum absolute atomic E-state index is 14.3. The minimum Gasteiger partial charge on any atom is -0.481 e. The summed E-state index contributed by atoms with van der Waals surface area (Å²) in [5.74, 6) is -9.66. The van der Waals surface area contributed by atoms with Crippen LogP contribution in [0.2, 0.25) is 0 Å². The summed E-state index contributed by atoms with van der Waals surface area (Å²) in [7, 11) is 0. The molecule has 10 atom stereocenters. The van der Waals surface area contributed by atoms with E-state index in [0.717, 1.165) is 38.5 Å². The number of hydrogen-bond acceptors (Lipinski definition) is 11. The zero-order valence-corrected chi connectivity index (χ0v) is 46.8. The summed E-state index contributed by atoms with van der Waals surface area (Å²) in [6, 6.07) is -9.48. The van der Waals surface area contributed by atoms with Gasteiger partial charge in [-0.15, -0.1) is 0 Å². The van der Waals surface area contributed by atoms with Crippen molar-refractivity contribution in [2.24, 2.45) is 41.2 Å². The first-order valence-electron chi connectivity index (χ1n) is 27.5. The Hall–Kier alpha value is -5.30. The van der Waals surface area contributed by atoms with Gasteiger partial charge in [0.2, 0.25) is 47.3 Å². The second-order valence-electron chi connectivity index (χ2n) is 22.3. The SMILES string of the molecule is CC[C@H](C)[C@@H]1NC(=O)[C@@H](CC(C)C)NC(=O)[C@H](CC(C)C)NC(=O)[C@H](CCC(N)=O)NC(=O)CC(CCCCCCCCCC(C)C)OC(=O)[C@H]([C@@H](C)CC)NC(=O)[C@@H](CC(C)C)NC(=O)[C@H](CC(=O)O)NC1=O. The van der Waals surface area contributed by atoms with Crippen LogP contribution in [0.15, 0.2) is 0 Å². The summed E-state index contributed by atoms with van der Waals surface area (Å²) < 4.78 is 6.09. The zero-order chi connectivity index (χ0) is 56.2. The molecule has 10 N–H and O–H groups in total. The van der Waals surface area contributed by atoms with E-state index in [1.54, 1.807) is 34.6 Å². The molecule has 1 saturated heterocycles. The van der Waals surface area contributed by atoms with Crippen LogP contribution in [0, 0.1) is 35.5 Å². The first kappa shape index (κ1) is 66.7. The smallest absolute Gasteiger partial charge is 0.329 e. The summed E-state index contributed by atoms with van der Waals surface area (Å²) in [6.07, 6.45) is 6.23. The average molecular weight is 1050 g/mol. The first-order chi connectivity index (χ1) is 34.7. The second kappa shape index (κ2) is 35.0. The van der Waals surface area contributed by atoms with Crippen molar-refractivity contribution in [1.82, 2.24) is 37.2 Å². The predicted octanol–water partition coefficient (Wildman–Crippen LogP) is 4.83. The van der Waals surface area contributed by atoms with Crippen LogP contribution in [-0.2, 0) is 52.7 Å². The largest absolute Gasteiger partial charge is 0.481 e. The van der Waals surface area contributed by atoms with Crippen LogP contribution in [0.5, 0.6) is 0 Å². The maximum atomic E-state index is 14.3. The molecule has 20 nitrogen and oxygen atoms in total. The van der Waals surface area contributed by atoms with Crippen LogP contribution in [0.1, 0.15) is 199 Å². The third-order valence-electron chi connectivity index (χ3n) is 13.4. The van der Waals surface area contributed by atoms with Crippen molar-refractivity contribution in [2.45, 2.75) is 247 Å². The zero-order valence-electron chi connectivity index (χ0n) is 46.8. The number of primary amides is 1. The molecule has 0 aromatic heterocycles. The fraction of sp³-hybridized carbons (Fsp3) is 0.815. The number of nitrogens with one attached hydrogen (secondary N) is 7. The molecule has 1 rings (SSSR count). The molecule has 1 heterocycles. The molecule has 0 bridgehead atoms. The molecule has 0 aromatic carbocycles. The van der Waals surface area contributed by atoms with E-state index in [-0.39, 0.29) is 56.3 Å². The highest BCUT2D eigenvalue weighted by molar-refractivity contribution is 5.98. The highest BCUT2D eigenvalue weighted by Crippen LogP contribution is 2.20. The van der Waals surface area contributed by atoms with Gasteiger partial charge in [-0.1, -0.05) is 141 Å². The Kier molecular flexibility index (Phi) is 31.6. The molecule has 0 saturated carbocycles. The number of nitrogens with two attached hydrogens (primary N) is 1. The molecule has 0 aromatic rings. The molecule has 1 fully saturated rings. The van der Waals surface area contributed by atoms with E-state index in [1.807, 2.05) is 34.6 Å². The van der Waals surface area contributed by atoms with Gasteiger partial charge in [0.25, 0.3) is 0 Å². The normalized spacial score (nSPS) is 24.6. The number of carboxylic acid groups (broad SMARTS) is 1. The van der Waals surface area contributed by atoms with Gasteiger partial charge in [-0.05, 0) is 74.0 Å². The van der Waals surface area contributed by atoms with Crippen LogP contribution in [0.25, 0.3) is 0 Å². The highest BCUT2D eigenvalue weighted by atomic mass is 16.5. The van der Waals surface area contributed by atoms with Crippen molar-refractivity contribution < 1.29 is 57.8 Å². The number of carbonyl (C=O) groups excluding carboxylic acids is 9. The van der Waals surface area contributed by atoms with E-state index in [9.17, 15) is 53.1 Å². The lowest BCUT2D eigenvalue weighted by Crippen LogP contribution is -2.61. The molecule has 424 valence electrons. The number of amides is 8. The fourth-order valence-corrected chi connectivity index (χ4v) is 8.71. The van der Waals surface area contributed by atoms with Gasteiger partial charge in [0.1, 0.15) is 48.4 Å². The Morgan fingerprint density at radius 3 is 1.36 bits per heavy atom. The van der Waals surface area contributed by atoms with Crippen molar-refractivity contribution in [2.75, 3.05) is 0 Å². The van der Waals surface area contributed by atoms with Gasteiger partial charge in [-0.25, -0.2) is 4.79 Å². The van der Waals surface area contributed by atoms with Crippen LogP contribution < -0.4 is 43.0 Å². The van der Waals surface area contributed by atoms with Crippen LogP contribution >= 0.6 is 0 Å². The van der Waals surface area contributed by atoms with Crippen LogP contribution in [-0.4, -0.2) is 113 Å². The highest BCUT2D eigenvalue weighted by Gasteiger charge is 2.38. The number of unbranched alkanes of at least 4 members (excludes halogenated alkanes) is 6. The van der Waals surface area contributed by atoms with Gasteiger partial charge >= 0.3 is 11.9 Å². The van der Waals surface area contributed by atoms with E-state index < -0.39 is 132 Å². The third kappa shape index (κ3) is 26.8. The van der Waals surface area contributed by atoms with Crippen molar-refractivity contribution in [1.29, 1.82) is 0 Å². The summed E-state index contributed by atoms with van der Waals surface area (Å²) in [5.41, 5.74) is 5.50. The number of carbonyl (C=O) groups is 10. The first-order valence-corrected chi connectivity index (χ1v) is 27.5. The number of cyclic esters (lactones) is 1. The average Bonchev–Trinajstić information content (AvgIpc) is 3.30. The van der Waals surface area contributed by atoms with E-state index in [2.05, 4.69) is 51.1 Å². The van der Waals surface area contributed by atoms with Gasteiger partial charge in [0, 0.05) is 6.42 Å². The molecule has 1 aliphatic rings. The lowest BCUT2D eigenvalue weighted by Gasteiger charge is -2.30. The van der Waals surface area contributed by atoms with Crippen molar-refractivity contribution >= 4 is 59.2 Å². The summed E-state index contributed by atoms with van der Waals surface area (Å²) in [5, 5.41) is 28.6. The Labute approximate surface area is 441 Å². The summed E-state index contributed by atoms with van der Waals surface area (Å²) in [6.45, 7) is 22.3. The van der Waals surface area contributed by atoms with E-state index in [1.165, 1.54) is 6.42 Å². The molecular weight excluding hydrogens is 953 g/mol. The number of hydrogen-bond donors (Lipinski definition) is 9. The predicted molar refractivity (Wildman–Crippen MR) is 282 cm³/mol. The van der Waals surface area contributed by atoms with E-state index in [4.69, 9.17) is 10.5 Å². The number of esters is 1. The second-order valence-corrected chi connectivity index (χ2v) is 22.3. The quantitative estimate of drug-likeness (QED) is 0.0439. The standard InChI is InChI=1S/C54H96N8O12/c1-13-35(11)46-53(72)60-42(30-45(65)66)50(69)59-41(28-34(9)10)52(71)62-47(36(12)14-2)54(73)74-37(23-21-19-17-15-16-18-20-22-31(3)4)29-44(64)56-38(24-25-43(55)63)48(67)57-39(26-32(5)6)49(68)58-40(27-33(7)8)51(70)61-46/h31-42,46-47H,13-30H2,1-12H3,(H2,55,63)(H,56,64)(H,57,67)(H,58,68)(H,59,69)(H,60,72)(H,61,70)(H,62,71)(H,65,66)/t35-,36-,37?,38-,39-,40+,41+,42-,46-,47-/m0/s1. The number of ether oxygens (including phenoxy) is 1. The fourth-order valence-electron chi connectivity index (χ4n) is 8.71. The lowest BCUT2D eigenvalue weighted by molar-refractivity contribution is -0.156. The minimum absolute atomic E-state index is 0.0468. The van der Waals surface area contributed by atoms with Gasteiger partial charge in [-0.3, -0.25) is 43.2 Å². The topological polar surface area (TPSA) is 310 Å². The molecule has 0 spiro atoms. The number of aliphatic carboxylic acids is 1. The number of carboxylic acids is 1. The molecule has 74 heavy (non-hydrogen) atoms. The Morgan fingerprint density at radius 1 is 0.514 bits per heavy atom. The van der Waals surface area contributed by atoms with Crippen molar-refractivity contribution in [3.63, 3.8) is 0 Å². The molecular formula is C54H96N8O12. The monoisotopic (exact) mass is 1050 g/mol. The third-order valence-corrected chi connectivity index (χ3v) is 13.4. The van der Waals surface area contributed by atoms with Gasteiger partial charge in [-0.2, -0.15) is 0 Å². The van der Waals surface area contributed by atoms with Crippen LogP contribution in [0.4, 0.5) is 0 Å². The summed E-state index contributed by atoms with van der Waals surface area (Å²) in [4.78, 5) is 138. The molecule has 0 aliphatic carbocycles. The van der Waals surface area contributed by atoms with Gasteiger partial charge < -0.3 is 52.8 Å². The molecule has 20 heteroatoms. The summed E-state index contributed by atoms with van der Waals surface area (Å²) >= 11 is 0. The Balaban J connectivity index is 4.00. The van der Waals surface area contributed by atoms with Crippen LogP contribution in [0.3, 0.4) is 0 Å². The minimum atomic E-state index is -1.72. The van der Waals surface area contributed by atoms with Crippen molar-refractivity contribution in [3.8, 4) is 0 Å². The van der Waals surface area contributed by atoms with Gasteiger partial charge in [0.05, 0.1) is 12.8 Å². The van der Waals surface area contributed by atoms with Gasteiger partial charge in [0.15, 0.2) is 0 Å². The van der Waals surface area contributed by atoms with E-state index >= 15 is 0 Å². The molecule has 0 radical (unpaired) electrons. The maximum Gasteiger partial charge on any atom is 0.329 e. The lowest BCUT2D eigenvalue weighted by atomic mass is 9.95. The molecule has 1 unspecified atom stereocenters. The Bertz CT molecular complexity index is 1830. The van der Waals surface area contributed by atoms with E-state index in [0.29, 0.717) is 25.2 Å². The molecule has 8 amide bonds. The molecule has 1 aliphatic heterocycles. The Morgan fingerprint density at radius 2 is 0.919 bits per heavy atom. The van der Waals surface area contributed by atoms with Crippen molar-refractivity contribution in [3.05, 3.63) is 0 Å².